The Hall–Kier alpha value is -0.830. The van der Waals surface area contributed by atoms with Gasteiger partial charge in [0.2, 0.25) is 0 Å². The van der Waals surface area contributed by atoms with Gasteiger partial charge in [0.25, 0.3) is 0 Å². The lowest BCUT2D eigenvalue weighted by molar-refractivity contribution is -0.116. The molecule has 0 N–H and O–H groups in total. The van der Waals surface area contributed by atoms with Gasteiger partial charge in [-0.1, -0.05) is 15.9 Å². The van der Waals surface area contributed by atoms with Crippen molar-refractivity contribution in [1.82, 2.24) is 0 Å². The van der Waals surface area contributed by atoms with E-state index in [1.807, 2.05) is 0 Å². The Morgan fingerprint density at radius 2 is 1.95 bits per heavy atom. The first-order valence-corrected chi connectivity index (χ1v) is 6.82. The van der Waals surface area contributed by atoms with Crippen molar-refractivity contribution >= 4 is 33.5 Å². The number of carbonyl (C=O) groups excluding carboxylic acids is 1. The third-order valence-electron chi connectivity index (χ3n) is 2.06. The van der Waals surface area contributed by atoms with E-state index in [0.717, 1.165) is 18.2 Å². The highest BCUT2D eigenvalue weighted by Gasteiger charge is 2.30. The summed E-state index contributed by atoms with van der Waals surface area (Å²) in [7, 11) is 0. The second kappa shape index (κ2) is 6.75. The minimum absolute atomic E-state index is 0.0768. The summed E-state index contributed by atoms with van der Waals surface area (Å²) < 4.78 is 65.5. The summed E-state index contributed by atoms with van der Waals surface area (Å²) >= 11 is 2.54. The van der Waals surface area contributed by atoms with Crippen LogP contribution in [0.1, 0.15) is 17.3 Å². The molecule has 9 heteroatoms. The zero-order valence-electron chi connectivity index (χ0n) is 9.88. The number of hydrogen-bond acceptors (Lipinski definition) is 3. The Morgan fingerprint density at radius 3 is 2.40 bits per heavy atom. The van der Waals surface area contributed by atoms with Crippen LogP contribution in [0.3, 0.4) is 0 Å². The van der Waals surface area contributed by atoms with Crippen LogP contribution in [0.25, 0.3) is 0 Å². The molecule has 1 aromatic rings. The Kier molecular flexibility index (Phi) is 5.81. The first-order valence-electron chi connectivity index (χ1n) is 5.09. The monoisotopic (exact) mass is 378 g/mol. The van der Waals surface area contributed by atoms with E-state index in [0.29, 0.717) is 0 Å². The van der Waals surface area contributed by atoms with Gasteiger partial charge in [0, 0.05) is 10.5 Å². The number of halogens is 6. The van der Waals surface area contributed by atoms with Crippen molar-refractivity contribution in [3.05, 3.63) is 23.8 Å². The third-order valence-corrected chi connectivity index (χ3v) is 3.92. The van der Waals surface area contributed by atoms with Crippen LogP contribution >= 0.6 is 27.7 Å². The Labute approximate surface area is 123 Å². The lowest BCUT2D eigenvalue weighted by Gasteiger charge is -2.15. The molecule has 0 bridgehead atoms. The molecule has 2 nitrogen and oxygen atoms in total. The maximum Gasteiger partial charge on any atom is 0.446 e. The molecule has 0 aliphatic rings. The normalized spacial score (nSPS) is 13.4. The highest BCUT2D eigenvalue weighted by Crippen LogP contribution is 2.41. The van der Waals surface area contributed by atoms with Gasteiger partial charge in [-0.15, -0.1) is 0 Å². The van der Waals surface area contributed by atoms with Gasteiger partial charge in [-0.3, -0.25) is 4.79 Å². The molecular weight excluding hydrogens is 371 g/mol. The molecule has 0 saturated heterocycles. The maximum absolute atomic E-state index is 12.3. The highest BCUT2D eigenvalue weighted by molar-refractivity contribution is 9.09. The van der Waals surface area contributed by atoms with Crippen LogP contribution in [0.15, 0.2) is 23.1 Å². The lowest BCUT2D eigenvalue weighted by atomic mass is 10.1. The second-order valence-electron chi connectivity index (χ2n) is 3.60. The molecular formula is C11H8BrF5O2S. The van der Waals surface area contributed by atoms with Gasteiger partial charge in [0.1, 0.15) is 16.4 Å². The van der Waals surface area contributed by atoms with Crippen molar-refractivity contribution in [3.63, 3.8) is 0 Å². The van der Waals surface area contributed by atoms with Crippen molar-refractivity contribution in [2.45, 2.75) is 28.8 Å². The van der Waals surface area contributed by atoms with Crippen molar-refractivity contribution in [1.29, 1.82) is 0 Å². The predicted molar refractivity (Wildman–Crippen MR) is 67.3 cm³/mol. The van der Waals surface area contributed by atoms with Gasteiger partial charge in [-0.2, -0.15) is 22.0 Å². The van der Waals surface area contributed by atoms with E-state index in [9.17, 15) is 26.7 Å². The summed E-state index contributed by atoms with van der Waals surface area (Å²) in [6.07, 6.45) is 0. The summed E-state index contributed by atoms with van der Waals surface area (Å²) in [6, 6.07) is 2.97. The fourth-order valence-electron chi connectivity index (χ4n) is 1.34. The first-order chi connectivity index (χ1) is 9.10. The first kappa shape index (κ1) is 17.2. The molecule has 0 radical (unpaired) electrons. The molecule has 0 aliphatic heterocycles. The number of Topliss-reactive ketones (excluding diaryl/α,β-unsaturated/α-hetero) is 1. The molecule has 112 valence electrons. The van der Waals surface area contributed by atoms with Gasteiger partial charge in [-0.05, 0) is 36.9 Å². The molecule has 0 aliphatic carbocycles. The molecule has 0 spiro atoms. The number of hydrogen-bond donors (Lipinski definition) is 0. The Balaban J connectivity index is 3.17. The van der Waals surface area contributed by atoms with Crippen molar-refractivity contribution in [2.75, 3.05) is 0 Å². The summed E-state index contributed by atoms with van der Waals surface area (Å²) in [5, 5.41) is 0. The van der Waals surface area contributed by atoms with Crippen molar-refractivity contribution < 1.29 is 31.5 Å². The van der Waals surface area contributed by atoms with Crippen LogP contribution in [0.5, 0.6) is 5.75 Å². The van der Waals surface area contributed by atoms with Gasteiger partial charge in [0.15, 0.2) is 0 Å². The third kappa shape index (κ3) is 5.28. The average Bonchev–Trinajstić information content (AvgIpc) is 2.27. The summed E-state index contributed by atoms with van der Waals surface area (Å²) in [6.45, 7) is -1.96. The topological polar surface area (TPSA) is 26.3 Å². The van der Waals surface area contributed by atoms with Gasteiger partial charge < -0.3 is 4.74 Å². The number of ketones is 1. The molecule has 20 heavy (non-hydrogen) atoms. The Bertz CT molecular complexity index is 492. The van der Waals surface area contributed by atoms with E-state index in [1.165, 1.54) is 6.92 Å². The fourth-order valence-corrected chi connectivity index (χ4v) is 2.29. The van der Waals surface area contributed by atoms with E-state index in [1.54, 1.807) is 0 Å². The van der Waals surface area contributed by atoms with E-state index in [2.05, 4.69) is 20.7 Å². The molecule has 0 fully saturated rings. The quantitative estimate of drug-likeness (QED) is 0.413. The van der Waals surface area contributed by atoms with Gasteiger partial charge in [0.05, 0.1) is 0 Å². The molecule has 1 unspecified atom stereocenters. The molecule has 1 atom stereocenters. The predicted octanol–water partition coefficient (Wildman–Crippen LogP) is 4.92. The molecule has 0 amide bonds. The van der Waals surface area contributed by atoms with Crippen molar-refractivity contribution in [3.8, 4) is 5.75 Å². The number of thioether (sulfide) groups is 1. The number of alkyl halides is 6. The van der Waals surface area contributed by atoms with Gasteiger partial charge in [-0.25, -0.2) is 0 Å². The van der Waals surface area contributed by atoms with Crippen LogP contribution in [0.2, 0.25) is 0 Å². The fraction of sp³-hybridized carbons (Fsp3) is 0.364. The number of ether oxygens (including phenoxy) is 1. The summed E-state index contributed by atoms with van der Waals surface area (Å²) in [5.41, 5.74) is -4.59. The van der Waals surface area contributed by atoms with E-state index >= 15 is 0 Å². The maximum atomic E-state index is 12.3. The molecule has 1 aromatic carbocycles. The second-order valence-corrected chi connectivity index (χ2v) is 5.65. The minimum Gasteiger partial charge on any atom is -0.434 e. The molecule has 0 heterocycles. The van der Waals surface area contributed by atoms with Crippen LogP contribution in [-0.4, -0.2) is 17.9 Å². The van der Waals surface area contributed by atoms with E-state index in [4.69, 9.17) is 0 Å². The minimum atomic E-state index is -4.51. The van der Waals surface area contributed by atoms with E-state index in [-0.39, 0.29) is 16.2 Å². The Morgan fingerprint density at radius 1 is 1.35 bits per heavy atom. The molecule has 1 rings (SSSR count). The van der Waals surface area contributed by atoms with Crippen molar-refractivity contribution in [2.24, 2.45) is 0 Å². The highest BCUT2D eigenvalue weighted by atomic mass is 79.9. The number of carbonyl (C=O) groups is 1. The largest absolute Gasteiger partial charge is 0.446 e. The molecule has 0 saturated carbocycles. The van der Waals surface area contributed by atoms with Crippen LogP contribution < -0.4 is 4.74 Å². The standard InChI is InChI=1S/C11H8BrF5O2S/c1-5(18)9(12)7-4-6(20-11(15,16)17)2-3-8(7)19-10(13)14/h2-4,9-10H,1H3. The zero-order chi connectivity index (χ0) is 15.5. The zero-order valence-corrected chi connectivity index (χ0v) is 12.3. The lowest BCUT2D eigenvalue weighted by Crippen LogP contribution is -2.09. The molecule has 0 aromatic heterocycles. The summed E-state index contributed by atoms with van der Waals surface area (Å²) in [5.74, 6) is -0.790. The smallest absolute Gasteiger partial charge is 0.434 e. The van der Waals surface area contributed by atoms with Gasteiger partial charge >= 0.3 is 12.1 Å². The van der Waals surface area contributed by atoms with Crippen LogP contribution in [0.4, 0.5) is 22.0 Å². The SMILES string of the molecule is CC(=O)C(Br)c1cc(SC(F)(F)F)ccc1OC(F)F. The van der Waals surface area contributed by atoms with Crippen LogP contribution in [-0.2, 0) is 4.79 Å². The van der Waals surface area contributed by atoms with Crippen LogP contribution in [0, 0.1) is 0 Å². The van der Waals surface area contributed by atoms with E-state index < -0.39 is 34.5 Å². The number of benzene rings is 1. The number of rotatable bonds is 5. The summed E-state index contributed by atoms with van der Waals surface area (Å²) in [4.78, 5) is 10.0. The average molecular weight is 379 g/mol.